The summed E-state index contributed by atoms with van der Waals surface area (Å²) in [6, 6.07) is -0.487. The van der Waals surface area contributed by atoms with Gasteiger partial charge in [-0.25, -0.2) is 4.79 Å². The Bertz CT molecular complexity index is 637. The lowest BCUT2D eigenvalue weighted by molar-refractivity contribution is -0.122. The van der Waals surface area contributed by atoms with Gasteiger partial charge < -0.3 is 15.0 Å². The predicted octanol–water partition coefficient (Wildman–Crippen LogP) is 1.84. The molecule has 1 rings (SSSR count). The zero-order valence-electron chi connectivity index (χ0n) is 16.0. The molecule has 7 nitrogen and oxygen atoms in total. The summed E-state index contributed by atoms with van der Waals surface area (Å²) in [5.74, 6) is -0.701. The summed E-state index contributed by atoms with van der Waals surface area (Å²) in [6.07, 6.45) is 0. The number of aromatic amines is 1. The van der Waals surface area contributed by atoms with E-state index in [0.717, 1.165) is 0 Å². The zero-order valence-corrected chi connectivity index (χ0v) is 16.0. The SMILES string of the molecule is CCNC(=O)CN(CC)[C@H](C)C(=O)c1[nH]c(C)c(C(=O)OCC)c1C. The van der Waals surface area contributed by atoms with Gasteiger partial charge in [-0.15, -0.1) is 0 Å². The molecular formula is C18H29N3O4. The number of amides is 1. The van der Waals surface area contributed by atoms with Crippen LogP contribution in [0.25, 0.3) is 0 Å². The number of aromatic nitrogens is 1. The molecule has 1 heterocycles. The molecule has 0 saturated carbocycles. The summed E-state index contributed by atoms with van der Waals surface area (Å²) in [5, 5.41) is 2.74. The maximum atomic E-state index is 12.9. The van der Waals surface area contributed by atoms with Gasteiger partial charge in [-0.3, -0.25) is 14.5 Å². The third kappa shape index (κ3) is 4.92. The fourth-order valence-corrected chi connectivity index (χ4v) is 2.84. The molecular weight excluding hydrogens is 322 g/mol. The molecule has 1 atom stereocenters. The highest BCUT2D eigenvalue weighted by molar-refractivity contribution is 6.04. The minimum atomic E-state index is -0.487. The number of H-pyrrole nitrogens is 1. The van der Waals surface area contributed by atoms with Crippen LogP contribution in [-0.2, 0) is 9.53 Å². The minimum absolute atomic E-state index is 0.115. The molecule has 0 fully saturated rings. The number of ketones is 1. The van der Waals surface area contributed by atoms with Crippen molar-refractivity contribution < 1.29 is 19.1 Å². The maximum absolute atomic E-state index is 12.9. The third-order valence-electron chi connectivity index (χ3n) is 4.22. The van der Waals surface area contributed by atoms with Crippen LogP contribution in [0.15, 0.2) is 0 Å². The van der Waals surface area contributed by atoms with Crippen molar-refractivity contribution in [3.8, 4) is 0 Å². The first-order valence-corrected chi connectivity index (χ1v) is 8.69. The number of esters is 1. The Balaban J connectivity index is 3.03. The second-order valence-electron chi connectivity index (χ2n) is 5.90. The Kier molecular flexibility index (Phi) is 7.83. The molecule has 0 aliphatic rings. The minimum Gasteiger partial charge on any atom is -0.462 e. The average molecular weight is 351 g/mol. The largest absolute Gasteiger partial charge is 0.462 e. The molecule has 0 spiro atoms. The van der Waals surface area contributed by atoms with E-state index in [1.54, 1.807) is 32.6 Å². The van der Waals surface area contributed by atoms with Gasteiger partial charge in [0.25, 0.3) is 0 Å². The molecule has 1 aromatic rings. The monoisotopic (exact) mass is 351 g/mol. The number of aryl methyl sites for hydroxylation is 1. The van der Waals surface area contributed by atoms with Crippen LogP contribution in [0.2, 0.25) is 0 Å². The Labute approximate surface area is 149 Å². The standard InChI is InChI=1S/C18H29N3O4/c1-7-19-14(22)10-21(8-2)13(6)17(23)16-11(4)15(12(5)20-16)18(24)25-9-3/h13,20H,7-10H2,1-6H3,(H,19,22)/t13-/m1/s1. The summed E-state index contributed by atoms with van der Waals surface area (Å²) in [5.41, 5.74) is 1.99. The molecule has 2 N–H and O–H groups in total. The molecule has 7 heteroatoms. The van der Waals surface area contributed by atoms with E-state index in [9.17, 15) is 14.4 Å². The summed E-state index contributed by atoms with van der Waals surface area (Å²) >= 11 is 0. The molecule has 0 aromatic carbocycles. The van der Waals surface area contributed by atoms with E-state index in [1.807, 2.05) is 13.8 Å². The van der Waals surface area contributed by atoms with Gasteiger partial charge in [-0.1, -0.05) is 6.92 Å². The number of ether oxygens (including phenoxy) is 1. The van der Waals surface area contributed by atoms with Gasteiger partial charge in [0, 0.05) is 12.2 Å². The first-order valence-electron chi connectivity index (χ1n) is 8.69. The molecule has 0 aliphatic heterocycles. The van der Waals surface area contributed by atoms with Crippen molar-refractivity contribution in [1.82, 2.24) is 15.2 Å². The maximum Gasteiger partial charge on any atom is 0.340 e. The lowest BCUT2D eigenvalue weighted by atomic mass is 10.0. The molecule has 0 radical (unpaired) electrons. The van der Waals surface area contributed by atoms with E-state index < -0.39 is 12.0 Å². The Hall–Kier alpha value is -2.15. The molecule has 0 saturated heterocycles. The van der Waals surface area contributed by atoms with Gasteiger partial charge in [0.2, 0.25) is 5.91 Å². The number of hydrogen-bond acceptors (Lipinski definition) is 5. The van der Waals surface area contributed by atoms with Crippen molar-refractivity contribution in [1.29, 1.82) is 0 Å². The molecule has 25 heavy (non-hydrogen) atoms. The lowest BCUT2D eigenvalue weighted by Gasteiger charge is -2.26. The molecule has 0 aliphatic carbocycles. The van der Waals surface area contributed by atoms with Crippen LogP contribution in [0.4, 0.5) is 0 Å². The number of Topliss-reactive ketones (excluding diaryl/α,β-unsaturated/α-hetero) is 1. The lowest BCUT2D eigenvalue weighted by Crippen LogP contribution is -2.45. The molecule has 1 amide bonds. The Morgan fingerprint density at radius 3 is 2.36 bits per heavy atom. The Morgan fingerprint density at radius 2 is 1.84 bits per heavy atom. The number of rotatable bonds is 9. The van der Waals surface area contributed by atoms with Crippen molar-refractivity contribution in [2.75, 3.05) is 26.2 Å². The van der Waals surface area contributed by atoms with E-state index in [0.29, 0.717) is 35.6 Å². The second kappa shape index (κ2) is 9.36. The highest BCUT2D eigenvalue weighted by Crippen LogP contribution is 2.21. The van der Waals surface area contributed by atoms with E-state index in [1.165, 1.54) is 0 Å². The van der Waals surface area contributed by atoms with Crippen molar-refractivity contribution in [2.45, 2.75) is 47.6 Å². The predicted molar refractivity (Wildman–Crippen MR) is 95.9 cm³/mol. The topological polar surface area (TPSA) is 91.5 Å². The van der Waals surface area contributed by atoms with E-state index in [-0.39, 0.29) is 24.8 Å². The fraction of sp³-hybridized carbons (Fsp3) is 0.611. The van der Waals surface area contributed by atoms with Crippen LogP contribution < -0.4 is 5.32 Å². The zero-order chi connectivity index (χ0) is 19.1. The van der Waals surface area contributed by atoms with E-state index >= 15 is 0 Å². The molecule has 1 aromatic heterocycles. The quantitative estimate of drug-likeness (QED) is 0.523. The first-order chi connectivity index (χ1) is 11.8. The van der Waals surface area contributed by atoms with Gasteiger partial charge >= 0.3 is 5.97 Å². The number of hydrogen-bond donors (Lipinski definition) is 2. The van der Waals surface area contributed by atoms with Crippen LogP contribution in [0, 0.1) is 13.8 Å². The normalized spacial score (nSPS) is 12.1. The molecule has 140 valence electrons. The van der Waals surface area contributed by atoms with Crippen LogP contribution in [0.5, 0.6) is 0 Å². The van der Waals surface area contributed by atoms with Crippen LogP contribution in [0.1, 0.15) is 59.8 Å². The van der Waals surface area contributed by atoms with E-state index in [2.05, 4.69) is 10.3 Å². The smallest absolute Gasteiger partial charge is 0.340 e. The van der Waals surface area contributed by atoms with Crippen LogP contribution in [-0.4, -0.2) is 59.8 Å². The van der Waals surface area contributed by atoms with Gasteiger partial charge in [-0.05, 0) is 46.7 Å². The van der Waals surface area contributed by atoms with Crippen molar-refractivity contribution in [2.24, 2.45) is 0 Å². The summed E-state index contributed by atoms with van der Waals surface area (Å²) in [7, 11) is 0. The fourth-order valence-electron chi connectivity index (χ4n) is 2.84. The summed E-state index contributed by atoms with van der Waals surface area (Å²) < 4.78 is 5.06. The van der Waals surface area contributed by atoms with E-state index in [4.69, 9.17) is 4.74 Å². The summed E-state index contributed by atoms with van der Waals surface area (Å²) in [4.78, 5) is 41.6. The van der Waals surface area contributed by atoms with Crippen LogP contribution in [0.3, 0.4) is 0 Å². The van der Waals surface area contributed by atoms with Crippen molar-refractivity contribution in [3.05, 3.63) is 22.5 Å². The molecule has 0 unspecified atom stereocenters. The van der Waals surface area contributed by atoms with Crippen LogP contribution >= 0.6 is 0 Å². The number of carbonyl (C=O) groups is 3. The average Bonchev–Trinajstić information content (AvgIpc) is 2.86. The summed E-state index contributed by atoms with van der Waals surface area (Å²) in [6.45, 7) is 12.3. The van der Waals surface area contributed by atoms with Gasteiger partial charge in [0.1, 0.15) is 0 Å². The third-order valence-corrected chi connectivity index (χ3v) is 4.22. The number of nitrogens with one attached hydrogen (secondary N) is 2. The highest BCUT2D eigenvalue weighted by Gasteiger charge is 2.28. The van der Waals surface area contributed by atoms with Gasteiger partial charge in [0.05, 0.1) is 30.5 Å². The van der Waals surface area contributed by atoms with Gasteiger partial charge in [0.15, 0.2) is 5.78 Å². The van der Waals surface area contributed by atoms with Crippen molar-refractivity contribution >= 4 is 17.7 Å². The number of nitrogens with zero attached hydrogens (tertiary/aromatic N) is 1. The second-order valence-corrected chi connectivity index (χ2v) is 5.90. The number of likely N-dealkylation sites (N-methyl/N-ethyl adjacent to an activating group) is 2. The molecule has 0 bridgehead atoms. The first kappa shape index (κ1) is 20.9. The number of carbonyl (C=O) groups excluding carboxylic acids is 3. The van der Waals surface area contributed by atoms with Crippen molar-refractivity contribution in [3.63, 3.8) is 0 Å². The van der Waals surface area contributed by atoms with Gasteiger partial charge in [-0.2, -0.15) is 0 Å². The Morgan fingerprint density at radius 1 is 1.20 bits per heavy atom. The highest BCUT2D eigenvalue weighted by atomic mass is 16.5.